The number of anilines is 1. The van der Waals surface area contributed by atoms with Crippen LogP contribution in [0.25, 0.3) is 0 Å². The van der Waals surface area contributed by atoms with Gasteiger partial charge in [0.1, 0.15) is 0 Å². The van der Waals surface area contributed by atoms with Crippen LogP contribution in [0.5, 0.6) is 0 Å². The van der Waals surface area contributed by atoms with Gasteiger partial charge >= 0.3 is 6.03 Å². The Morgan fingerprint density at radius 1 is 1.50 bits per heavy atom. The third-order valence-corrected chi connectivity index (χ3v) is 4.81. The first-order chi connectivity index (χ1) is 10.5. The summed E-state index contributed by atoms with van der Waals surface area (Å²) >= 11 is 3.43. The Labute approximate surface area is 141 Å². The fourth-order valence-corrected chi connectivity index (χ4v) is 3.25. The van der Waals surface area contributed by atoms with Crippen molar-refractivity contribution in [1.29, 1.82) is 0 Å². The van der Waals surface area contributed by atoms with E-state index in [4.69, 9.17) is 0 Å². The molecule has 122 valence electrons. The number of aryl methyl sites for hydroxylation is 1. The maximum atomic E-state index is 12.1. The first kappa shape index (κ1) is 17.3. The molecule has 1 fully saturated rings. The van der Waals surface area contributed by atoms with Gasteiger partial charge < -0.3 is 10.6 Å². The van der Waals surface area contributed by atoms with Crippen molar-refractivity contribution < 1.29 is 4.79 Å². The zero-order valence-electron chi connectivity index (χ0n) is 13.7. The molecule has 2 amide bonds. The minimum absolute atomic E-state index is 0.141. The summed E-state index contributed by atoms with van der Waals surface area (Å²) in [6.45, 7) is 9.41. The Bertz CT molecular complexity index is 521. The summed E-state index contributed by atoms with van der Waals surface area (Å²) < 4.78 is 0.962. The highest BCUT2D eigenvalue weighted by Gasteiger charge is 2.21. The Balaban J connectivity index is 1.81. The van der Waals surface area contributed by atoms with Crippen molar-refractivity contribution >= 4 is 27.6 Å². The lowest BCUT2D eigenvalue weighted by Gasteiger charge is -2.35. The number of benzene rings is 1. The molecule has 4 nitrogen and oxygen atoms in total. The first-order valence-electron chi connectivity index (χ1n) is 8.00. The quantitative estimate of drug-likeness (QED) is 0.844. The molecule has 0 saturated carbocycles. The second kappa shape index (κ2) is 7.97. The third-order valence-electron chi connectivity index (χ3n) is 4.32. The Kier molecular flexibility index (Phi) is 6.26. The van der Waals surface area contributed by atoms with Crippen molar-refractivity contribution in [3.8, 4) is 0 Å². The smallest absolute Gasteiger partial charge is 0.319 e. The Morgan fingerprint density at radius 3 is 3.00 bits per heavy atom. The lowest BCUT2D eigenvalue weighted by atomic mass is 9.99. The number of nitrogens with one attached hydrogen (secondary N) is 2. The number of carbonyl (C=O) groups excluding carboxylic acids is 1. The van der Waals surface area contributed by atoms with E-state index in [0.717, 1.165) is 34.7 Å². The van der Waals surface area contributed by atoms with E-state index >= 15 is 0 Å². The van der Waals surface area contributed by atoms with Crippen LogP contribution in [0, 0.1) is 12.8 Å². The molecule has 1 aromatic rings. The molecular formula is C17H26BrN3O. The van der Waals surface area contributed by atoms with Crippen molar-refractivity contribution in [3.05, 3.63) is 28.2 Å². The molecule has 0 bridgehead atoms. The zero-order valence-corrected chi connectivity index (χ0v) is 15.2. The summed E-state index contributed by atoms with van der Waals surface area (Å²) in [5, 5.41) is 5.90. The van der Waals surface area contributed by atoms with Gasteiger partial charge in [0.25, 0.3) is 0 Å². The van der Waals surface area contributed by atoms with Crippen LogP contribution in [0.4, 0.5) is 10.5 Å². The summed E-state index contributed by atoms with van der Waals surface area (Å²) in [5.74, 6) is 0.759. The van der Waals surface area contributed by atoms with Crippen LogP contribution >= 0.6 is 15.9 Å². The molecule has 2 atom stereocenters. The average molecular weight is 368 g/mol. The molecule has 1 saturated heterocycles. The molecule has 0 aliphatic carbocycles. The van der Waals surface area contributed by atoms with Crippen LogP contribution in [0.1, 0.15) is 32.3 Å². The lowest BCUT2D eigenvalue weighted by Crippen LogP contribution is -2.47. The van der Waals surface area contributed by atoms with Gasteiger partial charge in [-0.25, -0.2) is 4.79 Å². The molecule has 1 aromatic carbocycles. The number of halogens is 1. The number of amides is 2. The van der Waals surface area contributed by atoms with Gasteiger partial charge in [0.15, 0.2) is 0 Å². The normalized spacial score (nSPS) is 20.5. The van der Waals surface area contributed by atoms with Crippen LogP contribution in [-0.4, -0.2) is 36.6 Å². The van der Waals surface area contributed by atoms with Crippen molar-refractivity contribution in [2.24, 2.45) is 5.92 Å². The topological polar surface area (TPSA) is 44.4 Å². The standard InChI is InChI=1S/C17H26BrN3O/c1-12-5-4-8-21(11-12)14(3)10-19-17(22)20-16-9-15(18)7-6-13(16)2/h6-7,9,12,14H,4-5,8,10-11H2,1-3H3,(H2,19,20,22). The van der Waals surface area contributed by atoms with E-state index in [9.17, 15) is 4.79 Å². The minimum Gasteiger partial charge on any atom is -0.336 e. The number of piperidine rings is 1. The molecule has 0 aromatic heterocycles. The number of likely N-dealkylation sites (tertiary alicyclic amines) is 1. The molecule has 2 rings (SSSR count). The van der Waals surface area contributed by atoms with E-state index < -0.39 is 0 Å². The van der Waals surface area contributed by atoms with Crippen LogP contribution in [0.2, 0.25) is 0 Å². The molecule has 1 aliphatic rings. The fraction of sp³-hybridized carbons (Fsp3) is 0.588. The minimum atomic E-state index is -0.141. The van der Waals surface area contributed by atoms with Gasteiger partial charge in [0.2, 0.25) is 0 Å². The van der Waals surface area contributed by atoms with Gasteiger partial charge in [-0.1, -0.05) is 28.9 Å². The van der Waals surface area contributed by atoms with E-state index in [-0.39, 0.29) is 6.03 Å². The number of carbonyl (C=O) groups is 1. The average Bonchev–Trinajstić information content (AvgIpc) is 2.48. The third kappa shape index (κ3) is 4.99. The van der Waals surface area contributed by atoms with Gasteiger partial charge in [-0.15, -0.1) is 0 Å². The number of urea groups is 1. The van der Waals surface area contributed by atoms with E-state index in [1.807, 2.05) is 25.1 Å². The van der Waals surface area contributed by atoms with Crippen molar-refractivity contribution in [3.63, 3.8) is 0 Å². The predicted octanol–water partition coefficient (Wildman–Crippen LogP) is 4.00. The molecule has 1 aliphatic heterocycles. The second-order valence-corrected chi connectivity index (χ2v) is 7.30. The van der Waals surface area contributed by atoms with Gasteiger partial charge in [-0.05, 0) is 56.8 Å². The van der Waals surface area contributed by atoms with Crippen LogP contribution in [0.3, 0.4) is 0 Å². The van der Waals surface area contributed by atoms with Crippen molar-refractivity contribution in [1.82, 2.24) is 10.2 Å². The number of rotatable bonds is 4. The summed E-state index contributed by atoms with van der Waals surface area (Å²) in [6.07, 6.45) is 2.58. The monoisotopic (exact) mass is 367 g/mol. The first-order valence-corrected chi connectivity index (χ1v) is 8.80. The van der Waals surface area contributed by atoms with E-state index in [1.54, 1.807) is 0 Å². The molecule has 22 heavy (non-hydrogen) atoms. The van der Waals surface area contributed by atoms with Crippen LogP contribution in [0.15, 0.2) is 22.7 Å². The van der Waals surface area contributed by atoms with Gasteiger partial charge in [-0.2, -0.15) is 0 Å². The molecule has 5 heteroatoms. The Hall–Kier alpha value is -1.07. The summed E-state index contributed by atoms with van der Waals surface area (Å²) in [5.41, 5.74) is 1.89. The molecule has 1 heterocycles. The summed E-state index contributed by atoms with van der Waals surface area (Å²) in [7, 11) is 0. The molecule has 2 unspecified atom stereocenters. The highest BCUT2D eigenvalue weighted by atomic mass is 79.9. The summed E-state index contributed by atoms with van der Waals surface area (Å²) in [6, 6.07) is 6.11. The van der Waals surface area contributed by atoms with Crippen LogP contribution in [-0.2, 0) is 0 Å². The molecule has 0 spiro atoms. The van der Waals surface area contributed by atoms with Crippen LogP contribution < -0.4 is 10.6 Å². The highest BCUT2D eigenvalue weighted by Crippen LogP contribution is 2.20. The fourth-order valence-electron chi connectivity index (χ4n) is 2.89. The molecule has 0 radical (unpaired) electrons. The number of nitrogens with zero attached hydrogens (tertiary/aromatic N) is 1. The van der Waals surface area contributed by atoms with E-state index in [1.165, 1.54) is 12.8 Å². The lowest BCUT2D eigenvalue weighted by molar-refractivity contribution is 0.138. The molecular weight excluding hydrogens is 342 g/mol. The maximum absolute atomic E-state index is 12.1. The second-order valence-electron chi connectivity index (χ2n) is 6.39. The largest absolute Gasteiger partial charge is 0.336 e. The summed E-state index contributed by atoms with van der Waals surface area (Å²) in [4.78, 5) is 14.5. The van der Waals surface area contributed by atoms with E-state index in [0.29, 0.717) is 12.6 Å². The van der Waals surface area contributed by atoms with E-state index in [2.05, 4.69) is 45.3 Å². The van der Waals surface area contributed by atoms with Gasteiger partial charge in [0, 0.05) is 29.3 Å². The van der Waals surface area contributed by atoms with Crippen molar-refractivity contribution in [2.45, 2.75) is 39.7 Å². The maximum Gasteiger partial charge on any atom is 0.319 e. The molecule has 2 N–H and O–H groups in total. The van der Waals surface area contributed by atoms with Gasteiger partial charge in [-0.3, -0.25) is 4.90 Å². The number of hydrogen-bond acceptors (Lipinski definition) is 2. The Morgan fingerprint density at radius 2 is 2.27 bits per heavy atom. The highest BCUT2D eigenvalue weighted by molar-refractivity contribution is 9.10. The van der Waals surface area contributed by atoms with Gasteiger partial charge in [0.05, 0.1) is 0 Å². The number of hydrogen-bond donors (Lipinski definition) is 2. The zero-order chi connectivity index (χ0) is 16.1. The predicted molar refractivity (Wildman–Crippen MR) is 95.3 cm³/mol. The SMILES string of the molecule is Cc1ccc(Br)cc1NC(=O)NCC(C)N1CCCC(C)C1. The van der Waals surface area contributed by atoms with Crippen molar-refractivity contribution in [2.75, 3.05) is 25.0 Å².